The minimum Gasteiger partial charge on any atom is -0.492 e. The zero-order valence-corrected chi connectivity index (χ0v) is 10.7. The lowest BCUT2D eigenvalue weighted by Crippen LogP contribution is -2.48. The van der Waals surface area contributed by atoms with E-state index in [9.17, 15) is 0 Å². The van der Waals surface area contributed by atoms with E-state index in [1.807, 2.05) is 12.1 Å². The standard InChI is InChI=1S/C12H19ClN2O/c1-12(2,3)11(15-14)8-16-10-6-4-9(13)5-7-10/h4-7,11,15H,8,14H2,1-3H3. The van der Waals surface area contributed by atoms with Gasteiger partial charge >= 0.3 is 0 Å². The van der Waals surface area contributed by atoms with Gasteiger partial charge in [-0.15, -0.1) is 0 Å². The third-order valence-electron chi connectivity index (χ3n) is 2.48. The fourth-order valence-corrected chi connectivity index (χ4v) is 1.38. The van der Waals surface area contributed by atoms with Gasteiger partial charge in [0.15, 0.2) is 0 Å². The fourth-order valence-electron chi connectivity index (χ4n) is 1.26. The first-order valence-electron chi connectivity index (χ1n) is 5.28. The second-order valence-corrected chi connectivity index (χ2v) is 5.29. The third kappa shape index (κ3) is 4.00. The second-order valence-electron chi connectivity index (χ2n) is 4.85. The van der Waals surface area contributed by atoms with Crippen molar-refractivity contribution in [3.8, 4) is 5.75 Å². The first-order valence-corrected chi connectivity index (χ1v) is 5.66. The summed E-state index contributed by atoms with van der Waals surface area (Å²) in [6.07, 6.45) is 0. The summed E-state index contributed by atoms with van der Waals surface area (Å²) in [5.41, 5.74) is 2.83. The molecular weight excluding hydrogens is 224 g/mol. The molecule has 90 valence electrons. The number of hydrogen-bond acceptors (Lipinski definition) is 3. The molecule has 0 saturated heterocycles. The van der Waals surface area contributed by atoms with E-state index < -0.39 is 0 Å². The zero-order valence-electron chi connectivity index (χ0n) is 9.96. The minimum absolute atomic E-state index is 0.0567. The van der Waals surface area contributed by atoms with E-state index in [-0.39, 0.29) is 11.5 Å². The molecule has 0 aromatic heterocycles. The molecule has 1 unspecified atom stereocenters. The number of rotatable bonds is 4. The molecule has 0 heterocycles. The van der Waals surface area contributed by atoms with Crippen LogP contribution in [0.15, 0.2) is 24.3 Å². The van der Waals surface area contributed by atoms with Crippen molar-refractivity contribution >= 4 is 11.6 Å². The number of nitrogens with one attached hydrogen (secondary N) is 1. The molecule has 3 nitrogen and oxygen atoms in total. The summed E-state index contributed by atoms with van der Waals surface area (Å²) in [5.74, 6) is 6.30. The number of ether oxygens (including phenoxy) is 1. The van der Waals surface area contributed by atoms with Crippen LogP contribution in [0.25, 0.3) is 0 Å². The van der Waals surface area contributed by atoms with E-state index in [2.05, 4.69) is 26.2 Å². The highest BCUT2D eigenvalue weighted by atomic mass is 35.5. The maximum absolute atomic E-state index is 5.79. The van der Waals surface area contributed by atoms with Crippen LogP contribution in [0.1, 0.15) is 20.8 Å². The molecule has 0 fully saturated rings. The number of benzene rings is 1. The SMILES string of the molecule is CC(C)(C)C(COc1ccc(Cl)cc1)NN. The van der Waals surface area contributed by atoms with E-state index in [4.69, 9.17) is 22.2 Å². The van der Waals surface area contributed by atoms with E-state index in [1.165, 1.54) is 0 Å². The van der Waals surface area contributed by atoms with Gasteiger partial charge in [0.25, 0.3) is 0 Å². The highest BCUT2D eigenvalue weighted by Gasteiger charge is 2.23. The first-order chi connectivity index (χ1) is 7.43. The van der Waals surface area contributed by atoms with Gasteiger partial charge in [-0.25, -0.2) is 0 Å². The monoisotopic (exact) mass is 242 g/mol. The van der Waals surface area contributed by atoms with Crippen molar-refractivity contribution in [3.63, 3.8) is 0 Å². The normalized spacial score (nSPS) is 13.6. The van der Waals surface area contributed by atoms with Crippen molar-refractivity contribution in [2.45, 2.75) is 26.8 Å². The molecule has 0 spiro atoms. The molecule has 0 aliphatic heterocycles. The van der Waals surface area contributed by atoms with Crippen LogP contribution in [0.2, 0.25) is 5.02 Å². The fraction of sp³-hybridized carbons (Fsp3) is 0.500. The first kappa shape index (κ1) is 13.3. The second kappa shape index (κ2) is 5.53. The third-order valence-corrected chi connectivity index (χ3v) is 2.73. The average Bonchev–Trinajstić information content (AvgIpc) is 2.19. The van der Waals surface area contributed by atoms with Gasteiger partial charge in [0.05, 0.1) is 6.04 Å². The minimum atomic E-state index is 0.0567. The maximum atomic E-state index is 5.79. The number of halogens is 1. The summed E-state index contributed by atoms with van der Waals surface area (Å²) >= 11 is 5.79. The molecule has 0 aliphatic carbocycles. The number of hydrazine groups is 1. The summed E-state index contributed by atoms with van der Waals surface area (Å²) < 4.78 is 5.64. The Morgan fingerprint density at radius 3 is 2.31 bits per heavy atom. The Balaban J connectivity index is 2.53. The van der Waals surface area contributed by atoms with Gasteiger partial charge in [-0.05, 0) is 29.7 Å². The van der Waals surface area contributed by atoms with Crippen LogP contribution in [0.5, 0.6) is 5.75 Å². The topological polar surface area (TPSA) is 47.3 Å². The van der Waals surface area contributed by atoms with Gasteiger partial charge in [0, 0.05) is 5.02 Å². The Hall–Kier alpha value is -0.770. The van der Waals surface area contributed by atoms with Crippen LogP contribution >= 0.6 is 11.6 Å². The Morgan fingerprint density at radius 2 is 1.88 bits per heavy atom. The van der Waals surface area contributed by atoms with E-state index in [0.717, 1.165) is 5.75 Å². The predicted octanol–water partition coefficient (Wildman–Crippen LogP) is 2.60. The summed E-state index contributed by atoms with van der Waals surface area (Å²) in [6, 6.07) is 7.40. The van der Waals surface area contributed by atoms with E-state index >= 15 is 0 Å². The quantitative estimate of drug-likeness (QED) is 0.630. The molecule has 1 aromatic rings. The summed E-state index contributed by atoms with van der Waals surface area (Å²) in [5, 5.41) is 0.705. The van der Waals surface area contributed by atoms with Crippen molar-refractivity contribution in [2.75, 3.05) is 6.61 Å². The molecule has 0 radical (unpaired) electrons. The molecular formula is C12H19ClN2O. The molecule has 0 bridgehead atoms. The van der Waals surface area contributed by atoms with Crippen molar-refractivity contribution in [2.24, 2.45) is 11.3 Å². The van der Waals surface area contributed by atoms with Crippen LogP contribution in [-0.4, -0.2) is 12.6 Å². The van der Waals surface area contributed by atoms with Crippen LogP contribution < -0.4 is 16.0 Å². The smallest absolute Gasteiger partial charge is 0.119 e. The maximum Gasteiger partial charge on any atom is 0.119 e. The summed E-state index contributed by atoms with van der Waals surface area (Å²) in [7, 11) is 0. The average molecular weight is 243 g/mol. The van der Waals surface area contributed by atoms with Crippen LogP contribution in [0, 0.1) is 5.41 Å². The Bertz CT molecular complexity index is 319. The number of hydrogen-bond donors (Lipinski definition) is 2. The molecule has 0 saturated carbocycles. The molecule has 4 heteroatoms. The Kier molecular flexibility index (Phi) is 4.59. The largest absolute Gasteiger partial charge is 0.492 e. The van der Waals surface area contributed by atoms with Crippen molar-refractivity contribution < 1.29 is 4.74 Å². The molecule has 0 aliphatic rings. The highest BCUT2D eigenvalue weighted by molar-refractivity contribution is 6.30. The van der Waals surface area contributed by atoms with E-state index in [1.54, 1.807) is 12.1 Å². The molecule has 0 amide bonds. The van der Waals surface area contributed by atoms with Crippen molar-refractivity contribution in [1.29, 1.82) is 0 Å². The van der Waals surface area contributed by atoms with E-state index in [0.29, 0.717) is 11.6 Å². The van der Waals surface area contributed by atoms with Crippen molar-refractivity contribution in [1.82, 2.24) is 5.43 Å². The van der Waals surface area contributed by atoms with Gasteiger partial charge < -0.3 is 4.74 Å². The molecule has 16 heavy (non-hydrogen) atoms. The zero-order chi connectivity index (χ0) is 12.2. The number of nitrogens with two attached hydrogens (primary N) is 1. The highest BCUT2D eigenvalue weighted by Crippen LogP contribution is 2.21. The van der Waals surface area contributed by atoms with Gasteiger partial charge in [-0.2, -0.15) is 0 Å². The molecule has 1 aromatic carbocycles. The lowest BCUT2D eigenvalue weighted by molar-refractivity contribution is 0.175. The molecule has 1 atom stereocenters. The lowest BCUT2D eigenvalue weighted by atomic mass is 9.88. The summed E-state index contributed by atoms with van der Waals surface area (Å²) in [6.45, 7) is 6.87. The van der Waals surface area contributed by atoms with Crippen LogP contribution in [0.3, 0.4) is 0 Å². The molecule has 1 rings (SSSR count). The molecule has 3 N–H and O–H groups in total. The predicted molar refractivity (Wildman–Crippen MR) is 67.5 cm³/mol. The Labute approximate surface area is 102 Å². The lowest BCUT2D eigenvalue weighted by Gasteiger charge is -2.29. The van der Waals surface area contributed by atoms with Gasteiger partial charge in [-0.1, -0.05) is 32.4 Å². The van der Waals surface area contributed by atoms with Gasteiger partial charge in [-0.3, -0.25) is 11.3 Å². The van der Waals surface area contributed by atoms with Crippen LogP contribution in [0.4, 0.5) is 0 Å². The Morgan fingerprint density at radius 1 is 1.31 bits per heavy atom. The summed E-state index contributed by atoms with van der Waals surface area (Å²) in [4.78, 5) is 0. The van der Waals surface area contributed by atoms with Crippen molar-refractivity contribution in [3.05, 3.63) is 29.3 Å². The van der Waals surface area contributed by atoms with Crippen LogP contribution in [-0.2, 0) is 0 Å². The van der Waals surface area contributed by atoms with Gasteiger partial charge in [0.1, 0.15) is 12.4 Å². The van der Waals surface area contributed by atoms with Gasteiger partial charge in [0.2, 0.25) is 0 Å².